The monoisotopic (exact) mass is 720 g/mol. The second kappa shape index (κ2) is 13.8. The van der Waals surface area contributed by atoms with Crippen LogP contribution in [0.1, 0.15) is 91.6 Å². The molecule has 0 radical (unpaired) electrons. The third-order valence-electron chi connectivity index (χ3n) is 8.94. The zero-order chi connectivity index (χ0) is 36.1. The molecule has 1 fully saturated rings. The average Bonchev–Trinajstić information content (AvgIpc) is 3.73. The van der Waals surface area contributed by atoms with E-state index in [9.17, 15) is 27.3 Å². The summed E-state index contributed by atoms with van der Waals surface area (Å²) in [5.41, 5.74) is 0.169. The molecule has 49 heavy (non-hydrogen) atoms. The predicted octanol–water partition coefficient (Wildman–Crippen LogP) is 7.55. The number of benzene rings is 2. The van der Waals surface area contributed by atoms with E-state index in [2.05, 4.69) is 24.4 Å². The van der Waals surface area contributed by atoms with E-state index in [-0.39, 0.29) is 24.5 Å². The van der Waals surface area contributed by atoms with Crippen molar-refractivity contribution in [3.63, 3.8) is 0 Å². The number of nitrogens with one attached hydrogen (secondary N) is 1. The van der Waals surface area contributed by atoms with Crippen LogP contribution in [0.3, 0.4) is 0 Å². The van der Waals surface area contributed by atoms with Crippen molar-refractivity contribution in [2.75, 3.05) is 13.2 Å². The van der Waals surface area contributed by atoms with Gasteiger partial charge in [0.15, 0.2) is 5.60 Å². The molecule has 1 N–H and O–H groups in total. The van der Waals surface area contributed by atoms with Gasteiger partial charge in [-0.3, -0.25) is 14.5 Å². The van der Waals surface area contributed by atoms with E-state index >= 15 is 0 Å². The second-order valence-electron chi connectivity index (χ2n) is 15.7. The number of imidazole rings is 1. The molecule has 2 aromatic carbocycles. The van der Waals surface area contributed by atoms with Crippen LogP contribution in [0.4, 0.5) is 13.2 Å². The van der Waals surface area contributed by atoms with Crippen molar-refractivity contribution in [1.82, 2.24) is 19.2 Å². The minimum Gasteiger partial charge on any atom is -0.598 e. The molecule has 0 bridgehead atoms. The molecule has 2 amide bonds. The Morgan fingerprint density at radius 1 is 1.02 bits per heavy atom. The van der Waals surface area contributed by atoms with Crippen molar-refractivity contribution in [2.45, 2.75) is 108 Å². The van der Waals surface area contributed by atoms with E-state index < -0.39 is 54.7 Å². The first-order valence-electron chi connectivity index (χ1n) is 16.6. The highest BCUT2D eigenvalue weighted by Gasteiger charge is 2.50. The lowest BCUT2D eigenvalue weighted by Gasteiger charge is -2.32. The lowest BCUT2D eigenvalue weighted by molar-refractivity contribution is -0.265. The zero-order valence-electron chi connectivity index (χ0n) is 29.4. The van der Waals surface area contributed by atoms with Crippen molar-refractivity contribution < 1.29 is 36.8 Å². The number of imide groups is 1. The molecule has 3 atom stereocenters. The number of aromatic nitrogens is 2. The summed E-state index contributed by atoms with van der Waals surface area (Å²) in [6, 6.07) is 11.7. The number of hydrogen-bond acceptors (Lipinski definition) is 7. The van der Waals surface area contributed by atoms with Crippen molar-refractivity contribution >= 4 is 42.3 Å². The number of carbonyl (C=O) groups is 2. The summed E-state index contributed by atoms with van der Waals surface area (Å²) in [6.07, 6.45) is -2.92. The van der Waals surface area contributed by atoms with Crippen LogP contribution in [0, 0.1) is 5.92 Å². The Morgan fingerprint density at radius 3 is 2.16 bits per heavy atom. The van der Waals surface area contributed by atoms with Gasteiger partial charge in [0.2, 0.25) is 0 Å². The van der Waals surface area contributed by atoms with Gasteiger partial charge in [0.1, 0.15) is 23.3 Å². The van der Waals surface area contributed by atoms with Gasteiger partial charge < -0.3 is 18.6 Å². The van der Waals surface area contributed by atoms with Crippen LogP contribution in [-0.2, 0) is 27.6 Å². The lowest BCUT2D eigenvalue weighted by atomic mass is 10.00. The molecule has 9 nitrogen and oxygen atoms in total. The fourth-order valence-electron chi connectivity index (χ4n) is 5.63. The summed E-state index contributed by atoms with van der Waals surface area (Å²) in [4.78, 5) is 33.3. The molecule has 1 aliphatic heterocycles. The highest BCUT2D eigenvalue weighted by Crippen LogP contribution is 2.47. The van der Waals surface area contributed by atoms with Gasteiger partial charge >= 0.3 is 6.18 Å². The molecule has 1 saturated carbocycles. The number of rotatable bonds is 14. The van der Waals surface area contributed by atoms with Gasteiger partial charge in [-0.1, -0.05) is 37.8 Å². The second-order valence-corrected chi connectivity index (χ2v) is 23.3. The molecule has 0 saturated heterocycles. The Kier molecular flexibility index (Phi) is 10.5. The van der Waals surface area contributed by atoms with Crippen LogP contribution in [0.5, 0.6) is 0 Å². The molecule has 2 heterocycles. The van der Waals surface area contributed by atoms with Gasteiger partial charge in [-0.05, 0) is 89.3 Å². The summed E-state index contributed by atoms with van der Waals surface area (Å²) >= 11 is -1.69. The first kappa shape index (κ1) is 37.5. The van der Waals surface area contributed by atoms with Gasteiger partial charge in [0.25, 0.3) is 11.8 Å². The summed E-state index contributed by atoms with van der Waals surface area (Å²) in [5.74, 6) is -0.275. The van der Waals surface area contributed by atoms with Gasteiger partial charge in [0, 0.05) is 26.0 Å². The van der Waals surface area contributed by atoms with E-state index in [0.717, 1.165) is 38.3 Å². The zero-order valence-corrected chi connectivity index (χ0v) is 31.3. The van der Waals surface area contributed by atoms with Gasteiger partial charge in [-0.2, -0.15) is 13.2 Å². The number of alkyl halides is 3. The van der Waals surface area contributed by atoms with E-state index in [0.29, 0.717) is 34.6 Å². The normalized spacial score (nSPS) is 17.9. The first-order valence-corrected chi connectivity index (χ1v) is 21.5. The minimum atomic E-state index is -4.64. The smallest absolute Gasteiger partial charge is 0.416 e. The molecule has 1 unspecified atom stereocenters. The first-order chi connectivity index (χ1) is 22.7. The quantitative estimate of drug-likeness (QED) is 0.0793. The number of ether oxygens (including phenoxy) is 2. The Balaban J connectivity index is 1.56. The van der Waals surface area contributed by atoms with E-state index in [4.69, 9.17) is 14.5 Å². The third kappa shape index (κ3) is 8.26. The van der Waals surface area contributed by atoms with E-state index in [1.807, 2.05) is 18.2 Å². The van der Waals surface area contributed by atoms with Gasteiger partial charge in [-0.25, -0.2) is 4.98 Å². The van der Waals surface area contributed by atoms with Crippen molar-refractivity contribution in [3.8, 4) is 0 Å². The maximum absolute atomic E-state index is 13.9. The van der Waals surface area contributed by atoms with Crippen LogP contribution in [0.15, 0.2) is 42.5 Å². The molecular formula is C35H47F3N4O5SSi. The maximum atomic E-state index is 13.9. The summed E-state index contributed by atoms with van der Waals surface area (Å²) < 4.78 is 70.6. The largest absolute Gasteiger partial charge is 0.598 e. The summed E-state index contributed by atoms with van der Waals surface area (Å²) in [5, 5.41) is 0. The minimum absolute atomic E-state index is 0.0586. The molecule has 1 aliphatic carbocycles. The number of amides is 2. The highest BCUT2D eigenvalue weighted by molar-refractivity contribution is 7.90. The number of nitrogens with zero attached hydrogens (tertiary/aromatic N) is 3. The highest BCUT2D eigenvalue weighted by atomic mass is 32.2. The third-order valence-corrected chi connectivity index (χ3v) is 12.3. The topological polar surface area (TPSA) is 109 Å². The fourth-order valence-corrected chi connectivity index (χ4v) is 7.17. The van der Waals surface area contributed by atoms with E-state index in [1.165, 1.54) is 4.90 Å². The molecule has 268 valence electrons. The van der Waals surface area contributed by atoms with Crippen LogP contribution in [-0.4, -0.2) is 68.6 Å². The maximum Gasteiger partial charge on any atom is 0.416 e. The number of hydrogen-bond donors (Lipinski definition) is 1. The summed E-state index contributed by atoms with van der Waals surface area (Å²) in [6.45, 7) is 14.0. The Bertz CT molecular complexity index is 1660. The van der Waals surface area contributed by atoms with Crippen LogP contribution >= 0.6 is 0 Å². The lowest BCUT2D eigenvalue weighted by Crippen LogP contribution is -2.47. The summed E-state index contributed by atoms with van der Waals surface area (Å²) in [7, 11) is -1.42. The molecule has 2 aliphatic rings. The Morgan fingerprint density at radius 2 is 1.63 bits per heavy atom. The van der Waals surface area contributed by atoms with E-state index in [1.54, 1.807) is 49.6 Å². The van der Waals surface area contributed by atoms with Crippen molar-refractivity contribution in [3.05, 3.63) is 65.0 Å². The van der Waals surface area contributed by atoms with Crippen molar-refractivity contribution in [1.29, 1.82) is 0 Å². The molecule has 3 aromatic rings. The SMILES string of the molecule is CC(C)(C)[S+]([O-])N[C@@H](COC(C)(C)C(F)(F)F)c1nc2cc([C@@H](C3CC3)N3C(=O)c4ccccc4C3=O)ccc2n1COCC[Si](C)(C)C. The number of halogens is 3. The Labute approximate surface area is 290 Å². The predicted molar refractivity (Wildman–Crippen MR) is 186 cm³/mol. The molecular weight excluding hydrogens is 674 g/mol. The molecule has 5 rings (SSSR count). The average molecular weight is 721 g/mol. The Hall–Kier alpha value is -2.75. The molecule has 1 aromatic heterocycles. The van der Waals surface area contributed by atoms with Gasteiger partial charge in [0.05, 0.1) is 34.8 Å². The van der Waals surface area contributed by atoms with Crippen LogP contribution < -0.4 is 4.72 Å². The van der Waals surface area contributed by atoms with Crippen molar-refractivity contribution in [2.24, 2.45) is 5.92 Å². The van der Waals surface area contributed by atoms with Crippen LogP contribution in [0.25, 0.3) is 11.0 Å². The number of fused-ring (bicyclic) bond motifs is 2. The van der Waals surface area contributed by atoms with Gasteiger partial charge in [-0.15, -0.1) is 4.72 Å². The molecule has 14 heteroatoms. The molecule has 0 spiro atoms. The standard InChI is InChI=1S/C35H47F3N4O5SSi/c1-33(2,3)48(45)40-27(20-47-34(4,5)35(36,37)38)30-39-26-19-23(15-16-28(26)41(30)21-46-17-18-49(6,7)8)29(22-13-14-22)42-31(43)24-11-9-10-12-25(24)32(42)44/h9-12,15-16,19,22,27,29,40H,13-14,17-18,20-21H2,1-8H3/t27-,29+,48?/m0/s1. The number of carbonyl (C=O) groups excluding carboxylic acids is 2. The fraction of sp³-hybridized carbons (Fsp3) is 0.571. The van der Waals surface area contributed by atoms with Crippen LogP contribution in [0.2, 0.25) is 25.7 Å².